The number of halogens is 1. The molecule has 1 aromatic carbocycles. The van der Waals surface area contributed by atoms with Crippen LogP contribution in [0.1, 0.15) is 31.4 Å². The van der Waals surface area contributed by atoms with Gasteiger partial charge in [-0.15, -0.1) is 0 Å². The first-order valence-corrected chi connectivity index (χ1v) is 10.8. The second kappa shape index (κ2) is 9.54. The van der Waals surface area contributed by atoms with Crippen LogP contribution in [0.3, 0.4) is 0 Å². The summed E-state index contributed by atoms with van der Waals surface area (Å²) in [7, 11) is 0. The van der Waals surface area contributed by atoms with Gasteiger partial charge in [0.25, 0.3) is 5.91 Å². The maximum absolute atomic E-state index is 12.6. The molecule has 0 atom stereocenters. The molecule has 1 fully saturated rings. The third kappa shape index (κ3) is 5.33. The minimum absolute atomic E-state index is 0.131. The largest absolute Gasteiger partial charge is 0.481 e. The van der Waals surface area contributed by atoms with E-state index in [0.29, 0.717) is 28.0 Å². The Morgan fingerprint density at radius 2 is 2.07 bits per heavy atom. The SMILES string of the molecule is O=C(O)CCCCCN1C(=O)C(=Cc2ccc(-c3cccc(Br)c3)o2)SC1=S. The maximum Gasteiger partial charge on any atom is 0.303 e. The molecule has 0 aliphatic carbocycles. The first-order chi connectivity index (χ1) is 13.4. The lowest BCUT2D eigenvalue weighted by atomic mass is 10.2. The number of benzene rings is 1. The van der Waals surface area contributed by atoms with E-state index in [4.69, 9.17) is 21.7 Å². The van der Waals surface area contributed by atoms with Gasteiger partial charge >= 0.3 is 5.97 Å². The molecule has 1 amide bonds. The highest BCUT2D eigenvalue weighted by Gasteiger charge is 2.31. The predicted molar refractivity (Wildman–Crippen MR) is 118 cm³/mol. The van der Waals surface area contributed by atoms with Crippen molar-refractivity contribution in [2.45, 2.75) is 25.7 Å². The Morgan fingerprint density at radius 3 is 2.82 bits per heavy atom. The molecule has 0 unspecified atom stereocenters. The van der Waals surface area contributed by atoms with Crippen molar-refractivity contribution in [3.8, 4) is 11.3 Å². The number of thiocarbonyl (C=S) groups is 1. The van der Waals surface area contributed by atoms with Crippen LogP contribution in [0.4, 0.5) is 0 Å². The highest BCUT2D eigenvalue weighted by molar-refractivity contribution is 9.10. The Labute approximate surface area is 180 Å². The topological polar surface area (TPSA) is 70.8 Å². The van der Waals surface area contributed by atoms with Crippen molar-refractivity contribution in [2.24, 2.45) is 0 Å². The third-order valence-corrected chi connectivity index (χ3v) is 6.03. The summed E-state index contributed by atoms with van der Waals surface area (Å²) in [6.45, 7) is 0.503. The summed E-state index contributed by atoms with van der Waals surface area (Å²) in [5, 5.41) is 8.66. The van der Waals surface area contributed by atoms with E-state index in [9.17, 15) is 9.59 Å². The zero-order chi connectivity index (χ0) is 20.1. The molecule has 1 aromatic heterocycles. The lowest BCUT2D eigenvalue weighted by Gasteiger charge is -2.13. The quantitative estimate of drug-likeness (QED) is 0.303. The molecule has 5 nitrogen and oxygen atoms in total. The standard InChI is InChI=1S/C20H18BrNO4S2/c21-14-6-4-5-13(11-14)16-9-8-15(26-16)12-17-19(25)22(20(27)28-17)10-3-1-2-7-18(23)24/h4-6,8-9,11-12H,1-3,7,10H2,(H,23,24). The van der Waals surface area contributed by atoms with Gasteiger partial charge in [-0.3, -0.25) is 14.5 Å². The van der Waals surface area contributed by atoms with Gasteiger partial charge in [-0.25, -0.2) is 0 Å². The lowest BCUT2D eigenvalue weighted by Crippen LogP contribution is -2.29. The molecule has 0 bridgehead atoms. The number of carboxylic acid groups (broad SMARTS) is 1. The number of carbonyl (C=O) groups is 2. The third-order valence-electron chi connectivity index (χ3n) is 4.16. The van der Waals surface area contributed by atoms with Crippen LogP contribution in [0.25, 0.3) is 17.4 Å². The molecule has 8 heteroatoms. The van der Waals surface area contributed by atoms with Crippen LogP contribution < -0.4 is 0 Å². The summed E-state index contributed by atoms with van der Waals surface area (Å²) in [6.07, 6.45) is 3.93. The summed E-state index contributed by atoms with van der Waals surface area (Å²) in [5.74, 6) is 0.390. The number of furan rings is 1. The van der Waals surface area contributed by atoms with E-state index in [1.807, 2.05) is 36.4 Å². The average molecular weight is 480 g/mol. The van der Waals surface area contributed by atoms with Gasteiger partial charge in [-0.05, 0) is 37.1 Å². The Morgan fingerprint density at radius 1 is 1.25 bits per heavy atom. The number of unbranched alkanes of at least 4 members (excludes halogenated alkanes) is 2. The van der Waals surface area contributed by atoms with E-state index in [1.54, 1.807) is 11.0 Å². The number of aliphatic carboxylic acids is 1. The second-order valence-corrected chi connectivity index (χ2v) is 8.84. The van der Waals surface area contributed by atoms with Crippen LogP contribution >= 0.6 is 39.9 Å². The first-order valence-electron chi connectivity index (χ1n) is 8.77. The minimum atomic E-state index is -0.797. The highest BCUT2D eigenvalue weighted by atomic mass is 79.9. The molecule has 2 aromatic rings. The molecular weight excluding hydrogens is 462 g/mol. The Bertz CT molecular complexity index is 938. The van der Waals surface area contributed by atoms with E-state index in [0.717, 1.165) is 28.6 Å². The fraction of sp³-hybridized carbons (Fsp3) is 0.250. The van der Waals surface area contributed by atoms with Crippen LogP contribution in [0.5, 0.6) is 0 Å². The van der Waals surface area contributed by atoms with Gasteiger partial charge in [-0.1, -0.05) is 58.5 Å². The van der Waals surface area contributed by atoms with Crippen molar-refractivity contribution >= 4 is 62.2 Å². The van der Waals surface area contributed by atoms with Gasteiger partial charge in [0.15, 0.2) is 0 Å². The summed E-state index contributed by atoms with van der Waals surface area (Å²) in [4.78, 5) is 25.3. The van der Waals surface area contributed by atoms with Crippen LogP contribution in [-0.2, 0) is 9.59 Å². The molecule has 1 N–H and O–H groups in total. The summed E-state index contributed by atoms with van der Waals surface area (Å²) in [5.41, 5.74) is 0.947. The zero-order valence-corrected chi connectivity index (χ0v) is 18.1. The highest BCUT2D eigenvalue weighted by Crippen LogP contribution is 2.34. The molecule has 0 spiro atoms. The summed E-state index contributed by atoms with van der Waals surface area (Å²) in [6, 6.07) is 11.5. The second-order valence-electron chi connectivity index (χ2n) is 6.25. The molecule has 2 heterocycles. The van der Waals surface area contributed by atoms with Gasteiger partial charge in [0, 0.05) is 29.1 Å². The van der Waals surface area contributed by atoms with E-state index in [2.05, 4.69) is 15.9 Å². The molecule has 1 saturated heterocycles. The van der Waals surface area contributed by atoms with E-state index < -0.39 is 5.97 Å². The zero-order valence-electron chi connectivity index (χ0n) is 14.9. The fourth-order valence-electron chi connectivity index (χ4n) is 2.77. The monoisotopic (exact) mass is 479 g/mol. The number of thioether (sulfide) groups is 1. The number of hydrogen-bond acceptors (Lipinski definition) is 5. The molecule has 1 aliphatic rings. The van der Waals surface area contributed by atoms with Crippen molar-refractivity contribution in [3.05, 3.63) is 51.5 Å². The smallest absolute Gasteiger partial charge is 0.303 e. The van der Waals surface area contributed by atoms with Crippen LogP contribution in [0.2, 0.25) is 0 Å². The van der Waals surface area contributed by atoms with E-state index in [-0.39, 0.29) is 12.3 Å². The number of carboxylic acids is 1. The van der Waals surface area contributed by atoms with Gasteiger partial charge in [-0.2, -0.15) is 0 Å². The molecular formula is C20H18BrNO4S2. The normalized spacial score (nSPS) is 15.6. The van der Waals surface area contributed by atoms with Gasteiger partial charge in [0.1, 0.15) is 15.8 Å². The van der Waals surface area contributed by atoms with Crippen molar-refractivity contribution in [2.75, 3.05) is 6.54 Å². The number of amides is 1. The van der Waals surface area contributed by atoms with Crippen molar-refractivity contribution in [1.29, 1.82) is 0 Å². The molecule has 1 aliphatic heterocycles. The van der Waals surface area contributed by atoms with Crippen LogP contribution in [0, 0.1) is 0 Å². The van der Waals surface area contributed by atoms with Crippen molar-refractivity contribution in [3.63, 3.8) is 0 Å². The fourth-order valence-corrected chi connectivity index (χ4v) is 4.46. The van der Waals surface area contributed by atoms with Crippen molar-refractivity contribution < 1.29 is 19.1 Å². The lowest BCUT2D eigenvalue weighted by molar-refractivity contribution is -0.137. The molecule has 3 rings (SSSR count). The van der Waals surface area contributed by atoms with Crippen LogP contribution in [0.15, 0.2) is 50.2 Å². The number of nitrogens with zero attached hydrogens (tertiary/aromatic N) is 1. The number of hydrogen-bond donors (Lipinski definition) is 1. The summed E-state index contributed by atoms with van der Waals surface area (Å²) >= 11 is 10.0. The first kappa shape index (κ1) is 20.8. The maximum atomic E-state index is 12.6. The Kier molecular flexibility index (Phi) is 7.09. The minimum Gasteiger partial charge on any atom is -0.481 e. The average Bonchev–Trinajstić information content (AvgIpc) is 3.21. The number of rotatable bonds is 8. The Balaban J connectivity index is 1.63. The number of carbonyl (C=O) groups excluding carboxylic acids is 1. The summed E-state index contributed by atoms with van der Waals surface area (Å²) < 4.78 is 7.35. The predicted octanol–water partition coefficient (Wildman–Crippen LogP) is 5.56. The van der Waals surface area contributed by atoms with E-state index in [1.165, 1.54) is 11.8 Å². The van der Waals surface area contributed by atoms with Gasteiger partial charge < -0.3 is 9.52 Å². The van der Waals surface area contributed by atoms with Gasteiger partial charge in [0.2, 0.25) is 0 Å². The molecule has 0 saturated carbocycles. The molecule has 146 valence electrons. The van der Waals surface area contributed by atoms with E-state index >= 15 is 0 Å². The molecule has 0 radical (unpaired) electrons. The Hall–Kier alpha value is -1.90. The van der Waals surface area contributed by atoms with Crippen LogP contribution in [-0.4, -0.2) is 32.7 Å². The molecule has 28 heavy (non-hydrogen) atoms. The van der Waals surface area contributed by atoms with Gasteiger partial charge in [0.05, 0.1) is 4.91 Å². The van der Waals surface area contributed by atoms with Crippen molar-refractivity contribution in [1.82, 2.24) is 4.90 Å².